The van der Waals surface area contributed by atoms with E-state index in [2.05, 4.69) is 10.5 Å². The molecule has 1 heterocycles. The third-order valence-corrected chi connectivity index (χ3v) is 3.98. The fourth-order valence-electron chi connectivity index (χ4n) is 2.44. The van der Waals surface area contributed by atoms with E-state index >= 15 is 0 Å². The second kappa shape index (κ2) is 7.21. The number of anilines is 1. The van der Waals surface area contributed by atoms with Crippen LogP contribution in [0.3, 0.4) is 0 Å². The SMILES string of the molecule is Cc1ccc(C(=O)NCc2cc(-c3ccc(N(C)C)cc3)no2)cc1. The average molecular weight is 335 g/mol. The van der Waals surface area contributed by atoms with Crippen LogP contribution in [0.5, 0.6) is 0 Å². The van der Waals surface area contributed by atoms with Crippen molar-refractivity contribution in [3.63, 3.8) is 0 Å². The summed E-state index contributed by atoms with van der Waals surface area (Å²) >= 11 is 0. The molecular weight excluding hydrogens is 314 g/mol. The Morgan fingerprint density at radius 1 is 1.08 bits per heavy atom. The minimum absolute atomic E-state index is 0.131. The van der Waals surface area contributed by atoms with Crippen molar-refractivity contribution >= 4 is 11.6 Å². The Balaban J connectivity index is 1.63. The monoisotopic (exact) mass is 335 g/mol. The molecule has 0 saturated carbocycles. The van der Waals surface area contributed by atoms with Gasteiger partial charge < -0.3 is 14.7 Å². The molecule has 0 bridgehead atoms. The van der Waals surface area contributed by atoms with Crippen LogP contribution in [0.1, 0.15) is 21.7 Å². The van der Waals surface area contributed by atoms with Crippen LogP contribution in [0.4, 0.5) is 5.69 Å². The molecule has 0 unspecified atom stereocenters. The zero-order valence-corrected chi connectivity index (χ0v) is 14.6. The van der Waals surface area contributed by atoms with E-state index in [-0.39, 0.29) is 5.91 Å². The number of amides is 1. The van der Waals surface area contributed by atoms with E-state index in [1.54, 1.807) is 0 Å². The normalized spacial score (nSPS) is 10.5. The summed E-state index contributed by atoms with van der Waals surface area (Å²) in [6.45, 7) is 2.29. The third kappa shape index (κ3) is 4.07. The number of nitrogens with zero attached hydrogens (tertiary/aromatic N) is 2. The summed E-state index contributed by atoms with van der Waals surface area (Å²) in [7, 11) is 4.00. The highest BCUT2D eigenvalue weighted by molar-refractivity contribution is 5.94. The van der Waals surface area contributed by atoms with Gasteiger partial charge in [-0.05, 0) is 31.2 Å². The first kappa shape index (κ1) is 16.8. The quantitative estimate of drug-likeness (QED) is 0.773. The molecule has 5 nitrogen and oxygen atoms in total. The summed E-state index contributed by atoms with van der Waals surface area (Å²) in [6.07, 6.45) is 0. The first-order valence-corrected chi connectivity index (χ1v) is 8.11. The summed E-state index contributed by atoms with van der Waals surface area (Å²) < 4.78 is 5.33. The molecule has 1 amide bonds. The van der Waals surface area contributed by atoms with Crippen molar-refractivity contribution in [2.75, 3.05) is 19.0 Å². The van der Waals surface area contributed by atoms with Crippen molar-refractivity contribution in [2.45, 2.75) is 13.5 Å². The van der Waals surface area contributed by atoms with Crippen molar-refractivity contribution in [1.29, 1.82) is 0 Å². The number of benzene rings is 2. The van der Waals surface area contributed by atoms with E-state index in [1.807, 2.05) is 80.5 Å². The molecule has 2 aromatic carbocycles. The number of aromatic nitrogens is 1. The Hall–Kier alpha value is -3.08. The summed E-state index contributed by atoms with van der Waals surface area (Å²) in [5.41, 5.74) is 4.61. The average Bonchev–Trinajstić information content (AvgIpc) is 3.09. The Morgan fingerprint density at radius 3 is 2.40 bits per heavy atom. The molecular formula is C20H21N3O2. The molecule has 0 atom stereocenters. The van der Waals surface area contributed by atoms with Gasteiger partial charge in [-0.1, -0.05) is 35.0 Å². The van der Waals surface area contributed by atoms with E-state index in [4.69, 9.17) is 4.52 Å². The molecule has 0 aliphatic heterocycles. The van der Waals surface area contributed by atoms with E-state index in [9.17, 15) is 4.79 Å². The Kier molecular flexibility index (Phi) is 4.84. The van der Waals surface area contributed by atoms with Crippen LogP contribution >= 0.6 is 0 Å². The van der Waals surface area contributed by atoms with Crippen molar-refractivity contribution in [3.05, 3.63) is 71.5 Å². The second-order valence-corrected chi connectivity index (χ2v) is 6.17. The minimum Gasteiger partial charge on any atom is -0.378 e. The van der Waals surface area contributed by atoms with Crippen molar-refractivity contribution in [2.24, 2.45) is 0 Å². The summed E-state index contributed by atoms with van der Waals surface area (Å²) in [6, 6.07) is 17.4. The van der Waals surface area contributed by atoms with Crippen molar-refractivity contribution in [3.8, 4) is 11.3 Å². The smallest absolute Gasteiger partial charge is 0.251 e. The molecule has 3 aromatic rings. The van der Waals surface area contributed by atoms with E-state index < -0.39 is 0 Å². The molecule has 3 rings (SSSR count). The number of hydrogen-bond acceptors (Lipinski definition) is 4. The number of rotatable bonds is 5. The maximum Gasteiger partial charge on any atom is 0.251 e. The van der Waals surface area contributed by atoms with Gasteiger partial charge in [-0.25, -0.2) is 0 Å². The van der Waals surface area contributed by atoms with Crippen LogP contribution < -0.4 is 10.2 Å². The first-order chi connectivity index (χ1) is 12.0. The number of hydrogen-bond donors (Lipinski definition) is 1. The van der Waals surface area contributed by atoms with Crippen LogP contribution in [0.25, 0.3) is 11.3 Å². The van der Waals surface area contributed by atoms with Gasteiger partial charge in [0.25, 0.3) is 5.91 Å². The van der Waals surface area contributed by atoms with Gasteiger partial charge in [0, 0.05) is 37.0 Å². The lowest BCUT2D eigenvalue weighted by Gasteiger charge is -2.11. The van der Waals surface area contributed by atoms with Crippen LogP contribution in [-0.2, 0) is 6.54 Å². The van der Waals surface area contributed by atoms with Crippen LogP contribution in [0.2, 0.25) is 0 Å². The maximum absolute atomic E-state index is 12.1. The fourth-order valence-corrected chi connectivity index (χ4v) is 2.44. The lowest BCUT2D eigenvalue weighted by Crippen LogP contribution is -2.22. The number of carbonyl (C=O) groups excluding carboxylic acids is 1. The largest absolute Gasteiger partial charge is 0.378 e. The molecule has 25 heavy (non-hydrogen) atoms. The Labute approximate surface area is 147 Å². The molecule has 0 aliphatic rings. The van der Waals surface area contributed by atoms with Crippen LogP contribution in [0, 0.1) is 6.92 Å². The second-order valence-electron chi connectivity index (χ2n) is 6.17. The van der Waals surface area contributed by atoms with Crippen LogP contribution in [0.15, 0.2) is 59.1 Å². The fraction of sp³-hybridized carbons (Fsp3) is 0.200. The van der Waals surface area contributed by atoms with E-state index in [1.165, 1.54) is 0 Å². The first-order valence-electron chi connectivity index (χ1n) is 8.11. The van der Waals surface area contributed by atoms with Gasteiger partial charge in [0.2, 0.25) is 0 Å². The predicted molar refractivity (Wildman–Crippen MR) is 98.6 cm³/mol. The zero-order valence-electron chi connectivity index (χ0n) is 14.6. The molecule has 1 N–H and O–H groups in total. The van der Waals surface area contributed by atoms with Gasteiger partial charge in [-0.15, -0.1) is 0 Å². The van der Waals surface area contributed by atoms with E-state index in [0.29, 0.717) is 17.9 Å². The molecule has 5 heteroatoms. The van der Waals surface area contributed by atoms with Gasteiger partial charge in [0.1, 0.15) is 5.69 Å². The highest BCUT2D eigenvalue weighted by atomic mass is 16.5. The topological polar surface area (TPSA) is 58.4 Å². The number of aryl methyl sites for hydroxylation is 1. The molecule has 0 aliphatic carbocycles. The van der Waals surface area contributed by atoms with E-state index in [0.717, 1.165) is 22.5 Å². The predicted octanol–water partition coefficient (Wildman–Crippen LogP) is 3.65. The summed E-state index contributed by atoms with van der Waals surface area (Å²) in [4.78, 5) is 14.2. The third-order valence-electron chi connectivity index (χ3n) is 3.98. The molecule has 0 radical (unpaired) electrons. The molecule has 0 fully saturated rings. The Morgan fingerprint density at radius 2 is 1.76 bits per heavy atom. The van der Waals surface area contributed by atoms with Gasteiger partial charge in [0.15, 0.2) is 5.76 Å². The minimum atomic E-state index is -0.131. The molecule has 1 aromatic heterocycles. The van der Waals surface area contributed by atoms with Crippen LogP contribution in [-0.4, -0.2) is 25.2 Å². The van der Waals surface area contributed by atoms with Gasteiger partial charge in [0.05, 0.1) is 6.54 Å². The van der Waals surface area contributed by atoms with Gasteiger partial charge in [-0.3, -0.25) is 4.79 Å². The maximum atomic E-state index is 12.1. The lowest BCUT2D eigenvalue weighted by atomic mass is 10.1. The number of nitrogens with one attached hydrogen (secondary N) is 1. The summed E-state index contributed by atoms with van der Waals surface area (Å²) in [5.74, 6) is 0.487. The summed E-state index contributed by atoms with van der Waals surface area (Å²) in [5, 5.41) is 6.93. The molecule has 0 spiro atoms. The number of carbonyl (C=O) groups is 1. The standard InChI is InChI=1S/C20H21N3O2/c1-14-4-6-16(7-5-14)20(24)21-13-18-12-19(22-25-18)15-8-10-17(11-9-15)23(2)3/h4-12H,13H2,1-3H3,(H,21,24). The Bertz CT molecular complexity index is 849. The highest BCUT2D eigenvalue weighted by Crippen LogP contribution is 2.22. The molecule has 0 saturated heterocycles. The van der Waals surface area contributed by atoms with Crippen molar-refractivity contribution < 1.29 is 9.32 Å². The van der Waals surface area contributed by atoms with Crippen molar-refractivity contribution in [1.82, 2.24) is 10.5 Å². The molecule has 128 valence electrons. The highest BCUT2D eigenvalue weighted by Gasteiger charge is 2.10. The lowest BCUT2D eigenvalue weighted by molar-refractivity contribution is 0.0947. The van der Waals surface area contributed by atoms with Gasteiger partial charge in [-0.2, -0.15) is 0 Å². The van der Waals surface area contributed by atoms with Gasteiger partial charge >= 0.3 is 0 Å². The zero-order chi connectivity index (χ0) is 17.8.